The molecule has 37 heavy (non-hydrogen) atoms. The third-order valence-electron chi connectivity index (χ3n) is 5.50. The SMILES string of the molecule is CN1C(=O)C(NC(=O)Nc2cc(C(F)(F)F)cc(C(F)(F)F)c2)N=C(c2ccccc2)c2ccccc21. The third-order valence-corrected chi connectivity index (χ3v) is 5.50. The number of aliphatic imine (C=N–C) groups is 1. The molecule has 0 aromatic heterocycles. The zero-order chi connectivity index (χ0) is 27.0. The minimum absolute atomic E-state index is 0.0550. The first-order valence-corrected chi connectivity index (χ1v) is 10.7. The summed E-state index contributed by atoms with van der Waals surface area (Å²) >= 11 is 0. The van der Waals surface area contributed by atoms with Crippen LogP contribution in [0, 0.1) is 0 Å². The van der Waals surface area contributed by atoms with Crippen LogP contribution in [0.1, 0.15) is 22.3 Å². The number of alkyl halides is 6. The Bertz CT molecular complexity index is 1340. The minimum Gasteiger partial charge on any atom is -0.311 e. The molecule has 0 saturated heterocycles. The van der Waals surface area contributed by atoms with Gasteiger partial charge in [0.2, 0.25) is 6.17 Å². The Morgan fingerprint density at radius 3 is 2.03 bits per heavy atom. The standard InChI is InChI=1S/C25H18F6N4O2/c1-35-19-10-6-5-9-18(19)20(14-7-3-2-4-8-14)33-21(22(35)36)34-23(37)32-17-12-15(24(26,27)28)11-16(13-17)25(29,30)31/h2-13,21H,1H3,(H2,32,34,37). The zero-order valence-corrected chi connectivity index (χ0v) is 19.0. The van der Waals surface area contributed by atoms with E-state index in [1.807, 2.05) is 5.32 Å². The van der Waals surface area contributed by atoms with Crippen LogP contribution in [0.15, 0.2) is 77.8 Å². The number of halogens is 6. The average molecular weight is 520 g/mol. The van der Waals surface area contributed by atoms with Gasteiger partial charge in [-0.15, -0.1) is 0 Å². The molecule has 12 heteroatoms. The van der Waals surface area contributed by atoms with Crippen molar-refractivity contribution in [1.82, 2.24) is 5.32 Å². The molecule has 0 bridgehead atoms. The number of anilines is 2. The van der Waals surface area contributed by atoms with Crippen molar-refractivity contribution in [3.8, 4) is 0 Å². The summed E-state index contributed by atoms with van der Waals surface area (Å²) in [4.78, 5) is 31.4. The van der Waals surface area contributed by atoms with Gasteiger partial charge in [-0.05, 0) is 24.3 Å². The predicted molar refractivity (Wildman–Crippen MR) is 124 cm³/mol. The quantitative estimate of drug-likeness (QED) is 0.436. The third kappa shape index (κ3) is 5.57. The predicted octanol–water partition coefficient (Wildman–Crippen LogP) is 5.69. The van der Waals surface area contributed by atoms with Gasteiger partial charge in [-0.1, -0.05) is 48.5 Å². The highest BCUT2D eigenvalue weighted by Crippen LogP contribution is 2.37. The summed E-state index contributed by atoms with van der Waals surface area (Å²) in [6.07, 6.45) is -11.7. The Balaban J connectivity index is 1.68. The second-order valence-corrected chi connectivity index (χ2v) is 8.05. The number of hydrogen-bond acceptors (Lipinski definition) is 3. The van der Waals surface area contributed by atoms with Crippen molar-refractivity contribution in [2.75, 3.05) is 17.3 Å². The van der Waals surface area contributed by atoms with Gasteiger partial charge in [0, 0.05) is 23.9 Å². The number of benzodiazepines with no additional fused rings is 1. The number of nitrogens with zero attached hydrogens (tertiary/aromatic N) is 2. The van der Waals surface area contributed by atoms with Crippen molar-refractivity contribution < 1.29 is 35.9 Å². The van der Waals surface area contributed by atoms with Gasteiger partial charge in [0.05, 0.1) is 22.5 Å². The molecule has 0 fully saturated rings. The van der Waals surface area contributed by atoms with Crippen LogP contribution < -0.4 is 15.5 Å². The number of likely N-dealkylation sites (N-methyl/N-ethyl adjacent to an activating group) is 1. The van der Waals surface area contributed by atoms with Crippen LogP contribution in [0.4, 0.5) is 42.5 Å². The molecule has 192 valence electrons. The summed E-state index contributed by atoms with van der Waals surface area (Å²) in [7, 11) is 1.46. The first-order valence-electron chi connectivity index (χ1n) is 10.7. The second-order valence-electron chi connectivity index (χ2n) is 8.05. The number of hydrogen-bond donors (Lipinski definition) is 2. The van der Waals surface area contributed by atoms with E-state index < -0.39 is 47.3 Å². The maximum absolute atomic E-state index is 13.2. The second kappa shape index (κ2) is 9.60. The molecule has 1 aliphatic heterocycles. The van der Waals surface area contributed by atoms with E-state index in [9.17, 15) is 35.9 Å². The van der Waals surface area contributed by atoms with Crippen molar-refractivity contribution in [2.24, 2.45) is 4.99 Å². The van der Waals surface area contributed by atoms with E-state index in [1.54, 1.807) is 54.6 Å². The number of benzene rings is 3. The first kappa shape index (κ1) is 25.7. The number of fused-ring (bicyclic) bond motifs is 1. The fourth-order valence-electron chi connectivity index (χ4n) is 3.76. The number of para-hydroxylation sites is 1. The summed E-state index contributed by atoms with van der Waals surface area (Å²) in [5, 5.41) is 4.20. The molecule has 0 spiro atoms. The molecule has 4 rings (SSSR count). The number of amides is 3. The highest BCUT2D eigenvalue weighted by atomic mass is 19.4. The summed E-state index contributed by atoms with van der Waals surface area (Å²) < 4.78 is 78.9. The normalized spacial score (nSPS) is 16.0. The van der Waals surface area contributed by atoms with Gasteiger partial charge in [0.15, 0.2) is 0 Å². The van der Waals surface area contributed by atoms with Crippen molar-refractivity contribution in [3.63, 3.8) is 0 Å². The Morgan fingerprint density at radius 2 is 1.43 bits per heavy atom. The summed E-state index contributed by atoms with van der Waals surface area (Å²) in [6.45, 7) is 0. The van der Waals surface area contributed by atoms with Crippen molar-refractivity contribution in [2.45, 2.75) is 18.5 Å². The number of urea groups is 1. The van der Waals surface area contributed by atoms with Gasteiger partial charge in [-0.2, -0.15) is 26.3 Å². The van der Waals surface area contributed by atoms with E-state index in [2.05, 4.69) is 10.3 Å². The van der Waals surface area contributed by atoms with Crippen LogP contribution in [0.2, 0.25) is 0 Å². The molecule has 6 nitrogen and oxygen atoms in total. The van der Waals surface area contributed by atoms with Crippen LogP contribution in [0.3, 0.4) is 0 Å². The lowest BCUT2D eigenvalue weighted by Gasteiger charge is -2.21. The van der Waals surface area contributed by atoms with Gasteiger partial charge in [-0.25, -0.2) is 9.79 Å². The highest BCUT2D eigenvalue weighted by molar-refractivity contribution is 6.20. The maximum Gasteiger partial charge on any atom is 0.416 e. The molecular formula is C25H18F6N4O2. The molecule has 1 aliphatic rings. The zero-order valence-electron chi connectivity index (χ0n) is 19.0. The topological polar surface area (TPSA) is 73.8 Å². The molecule has 1 atom stereocenters. The number of nitrogens with one attached hydrogen (secondary N) is 2. The lowest BCUT2D eigenvalue weighted by Crippen LogP contribution is -2.47. The number of rotatable bonds is 3. The first-order chi connectivity index (χ1) is 17.3. The molecule has 0 radical (unpaired) electrons. The number of carbonyl (C=O) groups is 2. The van der Waals surface area contributed by atoms with Gasteiger partial charge < -0.3 is 15.5 Å². The summed E-state index contributed by atoms with van der Waals surface area (Å²) in [5.74, 6) is -0.673. The van der Waals surface area contributed by atoms with Crippen LogP contribution >= 0.6 is 0 Å². The number of carbonyl (C=O) groups excluding carboxylic acids is 2. The minimum atomic E-state index is -5.09. The molecule has 3 aromatic carbocycles. The molecule has 1 unspecified atom stereocenters. The fraction of sp³-hybridized carbons (Fsp3) is 0.160. The summed E-state index contributed by atoms with van der Waals surface area (Å²) in [6, 6.07) is 15.1. The monoisotopic (exact) mass is 520 g/mol. The molecule has 3 aromatic rings. The van der Waals surface area contributed by atoms with Crippen LogP contribution in [0.5, 0.6) is 0 Å². The van der Waals surface area contributed by atoms with E-state index in [0.29, 0.717) is 34.7 Å². The van der Waals surface area contributed by atoms with Crippen LogP contribution in [-0.2, 0) is 17.1 Å². The molecule has 2 N–H and O–H groups in total. The summed E-state index contributed by atoms with van der Waals surface area (Å²) in [5.41, 5.74) is -1.89. The van der Waals surface area contributed by atoms with Crippen molar-refractivity contribution in [1.29, 1.82) is 0 Å². The van der Waals surface area contributed by atoms with Gasteiger partial charge in [0.25, 0.3) is 5.91 Å². The smallest absolute Gasteiger partial charge is 0.311 e. The highest BCUT2D eigenvalue weighted by Gasteiger charge is 2.37. The average Bonchev–Trinajstić information content (AvgIpc) is 2.94. The van der Waals surface area contributed by atoms with E-state index >= 15 is 0 Å². The molecule has 3 amide bonds. The van der Waals surface area contributed by atoms with Gasteiger partial charge >= 0.3 is 18.4 Å². The molecule has 0 saturated carbocycles. The Labute approximate surface area is 206 Å². The Morgan fingerprint density at radius 1 is 0.865 bits per heavy atom. The molecule has 1 heterocycles. The van der Waals surface area contributed by atoms with E-state index in [4.69, 9.17) is 0 Å². The fourth-order valence-corrected chi connectivity index (χ4v) is 3.76. The van der Waals surface area contributed by atoms with Crippen molar-refractivity contribution >= 4 is 29.0 Å². The Hall–Kier alpha value is -4.35. The van der Waals surface area contributed by atoms with Crippen molar-refractivity contribution in [3.05, 3.63) is 95.1 Å². The van der Waals surface area contributed by atoms with E-state index in [1.165, 1.54) is 11.9 Å². The largest absolute Gasteiger partial charge is 0.416 e. The lowest BCUT2D eigenvalue weighted by molar-refractivity contribution is -0.143. The van der Waals surface area contributed by atoms with Crippen LogP contribution in [0.25, 0.3) is 0 Å². The maximum atomic E-state index is 13.2. The van der Waals surface area contributed by atoms with Gasteiger partial charge in [-0.3, -0.25) is 4.79 Å². The van der Waals surface area contributed by atoms with Crippen LogP contribution in [-0.4, -0.2) is 30.9 Å². The Kier molecular flexibility index (Phi) is 6.68. The van der Waals surface area contributed by atoms with E-state index in [0.717, 1.165) is 0 Å². The van der Waals surface area contributed by atoms with E-state index in [-0.39, 0.29) is 6.07 Å². The lowest BCUT2D eigenvalue weighted by atomic mass is 10.0. The molecular weight excluding hydrogens is 502 g/mol. The van der Waals surface area contributed by atoms with Gasteiger partial charge in [0.1, 0.15) is 0 Å². The molecule has 0 aliphatic carbocycles.